The van der Waals surface area contributed by atoms with Crippen LogP contribution in [0.3, 0.4) is 0 Å². The number of nitro benzene ring substituents is 1. The van der Waals surface area contributed by atoms with Crippen LogP contribution < -0.4 is 10.5 Å². The Labute approximate surface area is 163 Å². The van der Waals surface area contributed by atoms with Crippen LogP contribution in [0.5, 0.6) is 5.75 Å². The molecule has 0 saturated carbocycles. The molecule has 3 aromatic rings. The summed E-state index contributed by atoms with van der Waals surface area (Å²) in [5, 5.41) is 11.4. The molecule has 28 heavy (non-hydrogen) atoms. The highest BCUT2D eigenvalue weighted by molar-refractivity contribution is 6.30. The van der Waals surface area contributed by atoms with Gasteiger partial charge in [0.25, 0.3) is 5.69 Å². The second-order valence-electron chi connectivity index (χ2n) is 6.07. The van der Waals surface area contributed by atoms with Gasteiger partial charge in [-0.3, -0.25) is 19.5 Å². The van der Waals surface area contributed by atoms with Gasteiger partial charge in [0, 0.05) is 30.2 Å². The lowest BCUT2D eigenvalue weighted by Gasteiger charge is -2.19. The predicted molar refractivity (Wildman–Crippen MR) is 102 cm³/mol. The third-order valence-corrected chi connectivity index (χ3v) is 4.47. The van der Waals surface area contributed by atoms with Gasteiger partial charge >= 0.3 is 5.76 Å². The van der Waals surface area contributed by atoms with E-state index in [-0.39, 0.29) is 30.3 Å². The summed E-state index contributed by atoms with van der Waals surface area (Å²) >= 11 is 6.01. The fourth-order valence-corrected chi connectivity index (χ4v) is 2.98. The smallest absolute Gasteiger partial charge is 0.420 e. The summed E-state index contributed by atoms with van der Waals surface area (Å²) in [6.07, 6.45) is 0. The number of hydrogen-bond acceptors (Lipinski definition) is 6. The van der Waals surface area contributed by atoms with Gasteiger partial charge in [-0.2, -0.15) is 0 Å². The molecular formula is C18H16ClN3O6. The number of ether oxygens (including phenoxy) is 1. The zero-order chi connectivity index (χ0) is 20.4. The number of aromatic nitrogens is 1. The number of non-ortho nitro benzene ring substituents is 1. The Morgan fingerprint density at radius 2 is 2.07 bits per heavy atom. The number of halogens is 1. The fourth-order valence-electron chi connectivity index (χ4n) is 2.79. The Hall–Kier alpha value is -3.33. The number of carbonyl (C=O) groups is 1. The highest BCUT2D eigenvalue weighted by Gasteiger charge is 2.19. The molecule has 0 fully saturated rings. The van der Waals surface area contributed by atoms with Crippen LogP contribution >= 0.6 is 11.6 Å². The molecule has 0 aliphatic rings. The van der Waals surface area contributed by atoms with E-state index in [1.165, 1.54) is 24.1 Å². The molecular weight excluding hydrogens is 390 g/mol. The predicted octanol–water partition coefficient (Wildman–Crippen LogP) is 2.82. The van der Waals surface area contributed by atoms with Crippen LogP contribution in [0, 0.1) is 10.1 Å². The van der Waals surface area contributed by atoms with Crippen molar-refractivity contribution in [1.82, 2.24) is 9.47 Å². The number of benzene rings is 2. The van der Waals surface area contributed by atoms with E-state index in [0.717, 1.165) is 10.6 Å². The Kier molecular flexibility index (Phi) is 5.36. The minimum absolute atomic E-state index is 0.0474. The number of carbonyl (C=O) groups excluding carboxylic acids is 1. The number of likely N-dealkylation sites (N-methyl/N-ethyl adjacent to an activating group) is 1. The summed E-state index contributed by atoms with van der Waals surface area (Å²) < 4.78 is 11.4. The van der Waals surface area contributed by atoms with Crippen molar-refractivity contribution in [2.75, 3.05) is 14.2 Å². The van der Waals surface area contributed by atoms with Crippen molar-refractivity contribution < 1.29 is 18.9 Å². The van der Waals surface area contributed by atoms with Crippen molar-refractivity contribution in [1.29, 1.82) is 0 Å². The normalized spacial score (nSPS) is 10.8. The molecule has 0 spiro atoms. The summed E-state index contributed by atoms with van der Waals surface area (Å²) in [6, 6.07) is 8.87. The van der Waals surface area contributed by atoms with E-state index < -0.39 is 10.7 Å². The molecule has 1 heterocycles. The van der Waals surface area contributed by atoms with Crippen LogP contribution in [0.15, 0.2) is 45.6 Å². The van der Waals surface area contributed by atoms with E-state index in [1.54, 1.807) is 25.2 Å². The number of hydrogen-bond donors (Lipinski definition) is 0. The SMILES string of the molecule is COc1ccc(Cl)cc1CN(C)C(=O)Cn1c(=O)oc2cc([N+](=O)[O-])ccc21. The quantitative estimate of drug-likeness (QED) is 0.461. The Bertz CT molecular complexity index is 1120. The fraction of sp³-hybridized carbons (Fsp3) is 0.222. The lowest BCUT2D eigenvalue weighted by atomic mass is 10.2. The molecule has 2 aromatic carbocycles. The zero-order valence-electron chi connectivity index (χ0n) is 15.0. The molecule has 0 aliphatic heterocycles. The first kappa shape index (κ1) is 19.4. The second-order valence-corrected chi connectivity index (χ2v) is 6.51. The van der Waals surface area contributed by atoms with Crippen molar-refractivity contribution in [3.05, 3.63) is 67.6 Å². The average molecular weight is 406 g/mol. The van der Waals surface area contributed by atoms with Gasteiger partial charge < -0.3 is 14.1 Å². The van der Waals surface area contributed by atoms with E-state index in [1.807, 2.05) is 0 Å². The first-order valence-corrected chi connectivity index (χ1v) is 8.52. The summed E-state index contributed by atoms with van der Waals surface area (Å²) in [5.74, 6) is -0.537. The molecule has 0 saturated heterocycles. The lowest BCUT2D eigenvalue weighted by Crippen LogP contribution is -2.32. The molecule has 1 amide bonds. The minimum Gasteiger partial charge on any atom is -0.496 e. The number of nitro groups is 1. The molecule has 146 valence electrons. The van der Waals surface area contributed by atoms with Crippen molar-refractivity contribution in [3.63, 3.8) is 0 Å². The lowest BCUT2D eigenvalue weighted by molar-refractivity contribution is -0.384. The van der Waals surface area contributed by atoms with Crippen LogP contribution in [0.4, 0.5) is 5.69 Å². The molecule has 10 heteroatoms. The molecule has 3 rings (SSSR count). The van der Waals surface area contributed by atoms with Gasteiger partial charge in [0.15, 0.2) is 5.58 Å². The number of fused-ring (bicyclic) bond motifs is 1. The first-order valence-electron chi connectivity index (χ1n) is 8.14. The number of nitrogens with zero attached hydrogens (tertiary/aromatic N) is 3. The van der Waals surface area contributed by atoms with Crippen molar-refractivity contribution in [2.24, 2.45) is 0 Å². The molecule has 1 aromatic heterocycles. The van der Waals surface area contributed by atoms with Gasteiger partial charge in [-0.1, -0.05) is 11.6 Å². The van der Waals surface area contributed by atoms with Crippen LogP contribution in [0.25, 0.3) is 11.1 Å². The Morgan fingerprint density at radius 1 is 1.32 bits per heavy atom. The zero-order valence-corrected chi connectivity index (χ0v) is 15.8. The number of oxazole rings is 1. The molecule has 0 atom stereocenters. The topological polar surface area (TPSA) is 108 Å². The van der Waals surface area contributed by atoms with Gasteiger partial charge in [0.2, 0.25) is 5.91 Å². The highest BCUT2D eigenvalue weighted by atomic mass is 35.5. The van der Waals surface area contributed by atoms with Gasteiger partial charge in [0.05, 0.1) is 23.6 Å². The molecule has 0 radical (unpaired) electrons. The minimum atomic E-state index is -0.766. The summed E-state index contributed by atoms with van der Waals surface area (Å²) in [6.45, 7) is -0.0540. The molecule has 0 aliphatic carbocycles. The number of methoxy groups -OCH3 is 1. The van der Waals surface area contributed by atoms with E-state index in [4.69, 9.17) is 20.8 Å². The van der Waals surface area contributed by atoms with E-state index in [2.05, 4.69) is 0 Å². The molecule has 9 nitrogen and oxygen atoms in total. The third kappa shape index (κ3) is 3.84. The summed E-state index contributed by atoms with van der Waals surface area (Å²) in [5.41, 5.74) is 0.861. The number of amides is 1. The van der Waals surface area contributed by atoms with Crippen LogP contribution in [-0.2, 0) is 17.9 Å². The molecule has 0 unspecified atom stereocenters. The third-order valence-electron chi connectivity index (χ3n) is 4.23. The summed E-state index contributed by atoms with van der Waals surface area (Å²) in [7, 11) is 3.10. The van der Waals surface area contributed by atoms with Crippen molar-refractivity contribution in [3.8, 4) is 5.75 Å². The van der Waals surface area contributed by atoms with E-state index in [0.29, 0.717) is 21.9 Å². The standard InChI is InChI=1S/C18H16ClN3O6/c1-20(9-11-7-12(19)3-6-15(11)27-2)17(23)10-21-14-5-4-13(22(25)26)8-16(14)28-18(21)24/h3-8H,9-10H2,1-2H3. The van der Waals surface area contributed by atoms with Crippen LogP contribution in [0.2, 0.25) is 5.02 Å². The average Bonchev–Trinajstić information content (AvgIpc) is 2.96. The maximum Gasteiger partial charge on any atom is 0.420 e. The Balaban J connectivity index is 1.83. The first-order chi connectivity index (χ1) is 13.3. The van der Waals surface area contributed by atoms with Crippen LogP contribution in [0.1, 0.15) is 5.56 Å². The van der Waals surface area contributed by atoms with Crippen molar-refractivity contribution >= 4 is 34.3 Å². The van der Waals surface area contributed by atoms with Gasteiger partial charge in [-0.25, -0.2) is 4.79 Å². The van der Waals surface area contributed by atoms with Gasteiger partial charge in [0.1, 0.15) is 12.3 Å². The number of rotatable bonds is 6. The van der Waals surface area contributed by atoms with Crippen molar-refractivity contribution in [2.45, 2.75) is 13.1 Å². The largest absolute Gasteiger partial charge is 0.496 e. The Morgan fingerprint density at radius 3 is 2.75 bits per heavy atom. The molecule has 0 bridgehead atoms. The van der Waals surface area contributed by atoms with E-state index in [9.17, 15) is 19.7 Å². The maximum atomic E-state index is 12.6. The second kappa shape index (κ2) is 7.73. The monoisotopic (exact) mass is 405 g/mol. The summed E-state index contributed by atoms with van der Waals surface area (Å²) in [4.78, 5) is 36.4. The van der Waals surface area contributed by atoms with E-state index >= 15 is 0 Å². The van der Waals surface area contributed by atoms with Crippen LogP contribution in [-0.4, -0.2) is 34.5 Å². The van der Waals surface area contributed by atoms with Gasteiger partial charge in [-0.15, -0.1) is 0 Å². The highest BCUT2D eigenvalue weighted by Crippen LogP contribution is 2.24. The van der Waals surface area contributed by atoms with Gasteiger partial charge in [-0.05, 0) is 24.3 Å². The maximum absolute atomic E-state index is 12.6. The molecule has 0 N–H and O–H groups in total.